The highest BCUT2D eigenvalue weighted by molar-refractivity contribution is 7.92. The second kappa shape index (κ2) is 10.6. The Kier molecular flexibility index (Phi) is 7.59. The smallest absolute Gasteiger partial charge is 0.261 e. The maximum Gasteiger partial charge on any atom is 0.261 e. The number of benzene rings is 3. The molecule has 30 heavy (non-hydrogen) atoms. The minimum absolute atomic E-state index is 0.162. The molecule has 3 aromatic carbocycles. The first-order valence-electron chi connectivity index (χ1n) is 9.62. The fraction of sp³-hybridized carbons (Fsp3) is 0.174. The Balaban J connectivity index is 1.46. The van der Waals surface area contributed by atoms with Crippen LogP contribution in [0.2, 0.25) is 0 Å². The summed E-state index contributed by atoms with van der Waals surface area (Å²) in [6.07, 6.45) is 0.679. The van der Waals surface area contributed by atoms with Gasteiger partial charge in [0.05, 0.1) is 11.5 Å². The molecule has 0 atom stereocenters. The van der Waals surface area contributed by atoms with Crippen molar-refractivity contribution in [2.45, 2.75) is 17.9 Å². The first-order valence-corrected chi connectivity index (χ1v) is 11.1. The molecule has 3 aromatic rings. The Morgan fingerprint density at radius 1 is 0.867 bits per heavy atom. The molecular weight excluding hydrogens is 400 g/mol. The number of rotatable bonds is 10. The van der Waals surface area contributed by atoms with Crippen LogP contribution < -0.4 is 10.0 Å². The zero-order valence-corrected chi connectivity index (χ0v) is 17.3. The first kappa shape index (κ1) is 21.5. The van der Waals surface area contributed by atoms with Crippen LogP contribution in [0.15, 0.2) is 89.8 Å². The molecule has 0 spiro atoms. The van der Waals surface area contributed by atoms with Gasteiger partial charge < -0.3 is 10.1 Å². The van der Waals surface area contributed by atoms with Crippen molar-refractivity contribution >= 4 is 21.6 Å². The van der Waals surface area contributed by atoms with Crippen molar-refractivity contribution in [3.8, 4) is 0 Å². The van der Waals surface area contributed by atoms with E-state index < -0.39 is 10.0 Å². The summed E-state index contributed by atoms with van der Waals surface area (Å²) in [5.74, 6) is -0.265. The molecule has 0 aliphatic carbocycles. The largest absolute Gasteiger partial charge is 0.377 e. The number of ether oxygens (including phenoxy) is 1. The van der Waals surface area contributed by atoms with Crippen LogP contribution in [0.25, 0.3) is 0 Å². The number of nitrogens with one attached hydrogen (secondary N) is 2. The SMILES string of the molecule is O=C(NCCCOCc1ccccc1)c1cccc(NS(=O)(=O)c2ccccc2)c1. The standard InChI is InChI=1S/C23H24N2O4S/c26-23(24-15-8-16-29-18-19-9-3-1-4-10-19)20-11-7-12-21(17-20)25-30(27,28)22-13-5-2-6-14-22/h1-7,9-14,17,25H,8,15-16,18H2,(H,24,26). The Bertz CT molecular complexity index is 1050. The number of anilines is 1. The molecule has 0 saturated carbocycles. The van der Waals surface area contributed by atoms with Crippen LogP contribution in [0.4, 0.5) is 5.69 Å². The third kappa shape index (κ3) is 6.43. The van der Waals surface area contributed by atoms with E-state index >= 15 is 0 Å². The van der Waals surface area contributed by atoms with Crippen LogP contribution in [0.1, 0.15) is 22.3 Å². The lowest BCUT2D eigenvalue weighted by Crippen LogP contribution is -2.25. The van der Waals surface area contributed by atoms with Gasteiger partial charge in [-0.1, -0.05) is 54.6 Å². The second-order valence-corrected chi connectivity index (χ2v) is 8.33. The highest BCUT2D eigenvalue weighted by Crippen LogP contribution is 2.17. The summed E-state index contributed by atoms with van der Waals surface area (Å²) in [4.78, 5) is 12.5. The van der Waals surface area contributed by atoms with Gasteiger partial charge in [0.25, 0.3) is 15.9 Å². The monoisotopic (exact) mass is 424 g/mol. The highest BCUT2D eigenvalue weighted by atomic mass is 32.2. The maximum absolute atomic E-state index is 12.4. The Morgan fingerprint density at radius 2 is 1.57 bits per heavy atom. The van der Waals surface area contributed by atoms with Gasteiger partial charge in [0.2, 0.25) is 0 Å². The number of carbonyl (C=O) groups is 1. The van der Waals surface area contributed by atoms with Crippen molar-refractivity contribution in [1.82, 2.24) is 5.32 Å². The quantitative estimate of drug-likeness (QED) is 0.485. The van der Waals surface area contributed by atoms with E-state index in [1.54, 1.807) is 36.4 Å². The second-order valence-electron chi connectivity index (χ2n) is 6.65. The van der Waals surface area contributed by atoms with Gasteiger partial charge in [0.15, 0.2) is 0 Å². The van der Waals surface area contributed by atoms with E-state index in [0.717, 1.165) is 5.56 Å². The summed E-state index contributed by atoms with van der Waals surface area (Å²) in [6, 6.07) is 24.4. The Hall–Kier alpha value is -3.16. The van der Waals surface area contributed by atoms with E-state index in [1.807, 2.05) is 30.3 Å². The highest BCUT2D eigenvalue weighted by Gasteiger charge is 2.14. The number of hydrogen-bond acceptors (Lipinski definition) is 4. The van der Waals surface area contributed by atoms with Gasteiger partial charge in [0, 0.05) is 24.4 Å². The molecule has 0 bridgehead atoms. The molecular formula is C23H24N2O4S. The van der Waals surface area contributed by atoms with Gasteiger partial charge in [-0.3, -0.25) is 9.52 Å². The number of carbonyl (C=O) groups excluding carboxylic acids is 1. The average molecular weight is 425 g/mol. The minimum Gasteiger partial charge on any atom is -0.377 e. The van der Waals surface area contributed by atoms with E-state index in [9.17, 15) is 13.2 Å². The summed E-state index contributed by atoms with van der Waals surface area (Å²) >= 11 is 0. The lowest BCUT2D eigenvalue weighted by atomic mass is 10.2. The molecule has 0 fully saturated rings. The Labute approximate surface area is 177 Å². The van der Waals surface area contributed by atoms with Gasteiger partial charge in [-0.2, -0.15) is 0 Å². The van der Waals surface area contributed by atoms with Gasteiger partial charge in [-0.25, -0.2) is 8.42 Å². The van der Waals surface area contributed by atoms with Crippen LogP contribution >= 0.6 is 0 Å². The summed E-state index contributed by atoms with van der Waals surface area (Å²) in [7, 11) is -3.70. The van der Waals surface area contributed by atoms with Gasteiger partial charge in [-0.15, -0.1) is 0 Å². The van der Waals surface area contributed by atoms with Gasteiger partial charge >= 0.3 is 0 Å². The molecule has 0 aromatic heterocycles. The molecule has 7 heteroatoms. The summed E-state index contributed by atoms with van der Waals surface area (Å²) in [5, 5.41) is 2.82. The van der Waals surface area contributed by atoms with Crippen molar-refractivity contribution in [3.05, 3.63) is 96.1 Å². The third-order valence-electron chi connectivity index (χ3n) is 4.29. The summed E-state index contributed by atoms with van der Waals surface area (Å²) in [5.41, 5.74) is 1.82. The van der Waals surface area contributed by atoms with Crippen molar-refractivity contribution in [3.63, 3.8) is 0 Å². The topological polar surface area (TPSA) is 84.5 Å². The molecule has 156 valence electrons. The number of hydrogen-bond donors (Lipinski definition) is 2. The first-order chi connectivity index (χ1) is 14.5. The van der Waals surface area contributed by atoms with Crippen molar-refractivity contribution in [2.75, 3.05) is 17.9 Å². The van der Waals surface area contributed by atoms with Crippen LogP contribution in [-0.4, -0.2) is 27.5 Å². The Morgan fingerprint density at radius 3 is 2.30 bits per heavy atom. The van der Waals surface area contributed by atoms with Crippen LogP contribution in [0.3, 0.4) is 0 Å². The predicted molar refractivity (Wildman–Crippen MR) is 117 cm³/mol. The molecule has 0 heterocycles. The van der Waals surface area contributed by atoms with Crippen LogP contribution in [-0.2, 0) is 21.4 Å². The predicted octanol–water partition coefficient (Wildman–Crippen LogP) is 3.82. The molecule has 0 aliphatic rings. The minimum atomic E-state index is -3.70. The molecule has 3 rings (SSSR count). The van der Waals surface area contributed by atoms with Crippen LogP contribution in [0, 0.1) is 0 Å². The molecule has 6 nitrogen and oxygen atoms in total. The van der Waals surface area contributed by atoms with Crippen molar-refractivity contribution < 1.29 is 17.9 Å². The van der Waals surface area contributed by atoms with Gasteiger partial charge in [0.1, 0.15) is 0 Å². The fourth-order valence-electron chi connectivity index (χ4n) is 2.78. The van der Waals surface area contributed by atoms with Crippen molar-refractivity contribution in [2.24, 2.45) is 0 Å². The molecule has 0 radical (unpaired) electrons. The average Bonchev–Trinajstić information content (AvgIpc) is 2.77. The third-order valence-corrected chi connectivity index (χ3v) is 5.69. The zero-order chi connectivity index (χ0) is 21.2. The van der Waals surface area contributed by atoms with E-state index in [2.05, 4.69) is 10.0 Å². The van der Waals surface area contributed by atoms with E-state index in [-0.39, 0.29) is 10.8 Å². The fourth-order valence-corrected chi connectivity index (χ4v) is 3.85. The molecule has 2 N–H and O–H groups in total. The van der Waals surface area contributed by atoms with Gasteiger partial charge in [-0.05, 0) is 42.3 Å². The molecule has 1 amide bonds. The molecule has 0 saturated heterocycles. The summed E-state index contributed by atoms with van der Waals surface area (Å²) in [6.45, 7) is 1.54. The van der Waals surface area contributed by atoms with E-state index in [1.165, 1.54) is 18.2 Å². The lowest BCUT2D eigenvalue weighted by molar-refractivity contribution is 0.0934. The zero-order valence-electron chi connectivity index (χ0n) is 16.5. The van der Waals surface area contributed by atoms with E-state index in [4.69, 9.17) is 4.74 Å². The maximum atomic E-state index is 12.4. The van der Waals surface area contributed by atoms with Crippen LogP contribution in [0.5, 0.6) is 0 Å². The molecule has 0 unspecified atom stereocenters. The normalized spacial score (nSPS) is 11.1. The van der Waals surface area contributed by atoms with E-state index in [0.29, 0.717) is 37.4 Å². The number of sulfonamides is 1. The summed E-state index contributed by atoms with van der Waals surface area (Å²) < 4.78 is 33.0. The number of amides is 1. The molecule has 0 aliphatic heterocycles. The van der Waals surface area contributed by atoms with Crippen molar-refractivity contribution in [1.29, 1.82) is 0 Å². The lowest BCUT2D eigenvalue weighted by Gasteiger charge is -2.10.